The molecule has 1 aliphatic carbocycles. The van der Waals surface area contributed by atoms with Gasteiger partial charge in [0.25, 0.3) is 0 Å². The van der Waals surface area contributed by atoms with E-state index in [1.54, 1.807) is 11.9 Å². The zero-order chi connectivity index (χ0) is 8.72. The van der Waals surface area contributed by atoms with Crippen LogP contribution in [0, 0.1) is 0 Å². The van der Waals surface area contributed by atoms with Crippen molar-refractivity contribution in [1.82, 2.24) is 4.90 Å². The van der Waals surface area contributed by atoms with Crippen molar-refractivity contribution in [3.63, 3.8) is 0 Å². The van der Waals surface area contributed by atoms with Crippen LogP contribution in [-0.4, -0.2) is 30.2 Å². The lowest BCUT2D eigenvalue weighted by Crippen LogP contribution is -2.36. The molecule has 66 valence electrons. The van der Waals surface area contributed by atoms with Gasteiger partial charge in [0.15, 0.2) is 0 Å². The number of amides is 1. The van der Waals surface area contributed by atoms with Gasteiger partial charge in [0.05, 0.1) is 6.04 Å². The van der Waals surface area contributed by atoms with Gasteiger partial charge < -0.3 is 9.64 Å². The minimum atomic E-state index is -0.181. The molecule has 2 atom stereocenters. The van der Waals surface area contributed by atoms with Gasteiger partial charge in [-0.3, -0.25) is 0 Å². The number of fused-ring (bicyclic) bond motifs is 1. The summed E-state index contributed by atoms with van der Waals surface area (Å²) < 4.78 is 5.17. The third kappa shape index (κ3) is 1.00. The molecule has 2 aliphatic rings. The van der Waals surface area contributed by atoms with Gasteiger partial charge in [-0.25, -0.2) is 4.79 Å². The van der Waals surface area contributed by atoms with Crippen LogP contribution >= 0.6 is 0 Å². The van der Waals surface area contributed by atoms with Crippen molar-refractivity contribution >= 4 is 6.09 Å². The Morgan fingerprint density at radius 3 is 3.17 bits per heavy atom. The van der Waals surface area contributed by atoms with Crippen LogP contribution in [-0.2, 0) is 4.74 Å². The van der Waals surface area contributed by atoms with Gasteiger partial charge >= 0.3 is 6.09 Å². The summed E-state index contributed by atoms with van der Waals surface area (Å²) in [6.07, 6.45) is 2.79. The van der Waals surface area contributed by atoms with Crippen LogP contribution in [0.3, 0.4) is 0 Å². The van der Waals surface area contributed by atoms with Crippen LogP contribution < -0.4 is 0 Å². The Balaban J connectivity index is 2.15. The van der Waals surface area contributed by atoms with E-state index in [-0.39, 0.29) is 18.2 Å². The van der Waals surface area contributed by atoms with Crippen LogP contribution in [0.2, 0.25) is 0 Å². The van der Waals surface area contributed by atoms with Crippen molar-refractivity contribution in [2.75, 3.05) is 7.05 Å². The van der Waals surface area contributed by atoms with Crippen molar-refractivity contribution in [3.05, 3.63) is 12.2 Å². The fraction of sp³-hybridized carbons (Fsp3) is 0.667. The highest BCUT2D eigenvalue weighted by molar-refractivity contribution is 5.70. The van der Waals surface area contributed by atoms with E-state index < -0.39 is 0 Å². The minimum Gasteiger partial charge on any atom is -0.444 e. The van der Waals surface area contributed by atoms with Crippen molar-refractivity contribution in [1.29, 1.82) is 0 Å². The molecule has 0 aromatic carbocycles. The number of hydrogen-bond donors (Lipinski definition) is 0. The van der Waals surface area contributed by atoms with Crippen molar-refractivity contribution < 1.29 is 9.53 Å². The Bertz CT molecular complexity index is 237. The first-order chi connectivity index (χ1) is 5.68. The SMILES string of the molecule is C=C1CCC2OC(=O)N(C)C2C1. The van der Waals surface area contributed by atoms with Crippen LogP contribution in [0.5, 0.6) is 0 Å². The molecule has 12 heavy (non-hydrogen) atoms. The Morgan fingerprint density at radius 2 is 2.42 bits per heavy atom. The molecule has 1 heterocycles. The molecular formula is C9H13NO2. The summed E-state index contributed by atoms with van der Waals surface area (Å²) in [7, 11) is 1.80. The Labute approximate surface area is 72.0 Å². The number of likely N-dealkylation sites (N-methyl/N-ethyl adjacent to an activating group) is 1. The zero-order valence-electron chi connectivity index (χ0n) is 7.25. The molecule has 2 unspecified atom stereocenters. The standard InChI is InChI=1S/C9H13NO2/c1-6-3-4-8-7(5-6)10(2)9(11)12-8/h7-8H,1,3-5H2,2H3. The number of rotatable bonds is 0. The molecule has 0 bridgehead atoms. The summed E-state index contributed by atoms with van der Waals surface area (Å²) in [5.74, 6) is 0. The van der Waals surface area contributed by atoms with E-state index in [4.69, 9.17) is 4.74 Å². The van der Waals surface area contributed by atoms with Crippen LogP contribution in [0.15, 0.2) is 12.2 Å². The second kappa shape index (κ2) is 2.51. The molecule has 2 fully saturated rings. The molecule has 0 spiro atoms. The number of carbonyl (C=O) groups is 1. The summed E-state index contributed by atoms with van der Waals surface area (Å²) in [6, 6.07) is 0.249. The molecule has 1 amide bonds. The van der Waals surface area contributed by atoms with Gasteiger partial charge in [0, 0.05) is 7.05 Å². The van der Waals surface area contributed by atoms with E-state index in [0.717, 1.165) is 19.3 Å². The first-order valence-corrected chi connectivity index (χ1v) is 4.28. The fourth-order valence-corrected chi connectivity index (χ4v) is 1.94. The van der Waals surface area contributed by atoms with E-state index >= 15 is 0 Å². The van der Waals surface area contributed by atoms with E-state index in [9.17, 15) is 4.79 Å². The van der Waals surface area contributed by atoms with Crippen LogP contribution in [0.4, 0.5) is 4.79 Å². The molecule has 3 heteroatoms. The fourth-order valence-electron chi connectivity index (χ4n) is 1.94. The molecule has 0 aromatic heterocycles. The summed E-state index contributed by atoms with van der Waals surface area (Å²) in [5.41, 5.74) is 1.24. The molecule has 1 saturated heterocycles. The van der Waals surface area contributed by atoms with E-state index in [1.807, 2.05) is 0 Å². The second-order valence-electron chi connectivity index (χ2n) is 3.59. The largest absolute Gasteiger partial charge is 0.444 e. The van der Waals surface area contributed by atoms with Gasteiger partial charge in [-0.15, -0.1) is 0 Å². The lowest BCUT2D eigenvalue weighted by molar-refractivity contribution is 0.120. The summed E-state index contributed by atoms with van der Waals surface area (Å²) in [5, 5.41) is 0. The smallest absolute Gasteiger partial charge is 0.410 e. The zero-order valence-corrected chi connectivity index (χ0v) is 7.25. The topological polar surface area (TPSA) is 29.5 Å². The van der Waals surface area contributed by atoms with Crippen LogP contribution in [0.25, 0.3) is 0 Å². The highest BCUT2D eigenvalue weighted by atomic mass is 16.6. The quantitative estimate of drug-likeness (QED) is 0.512. The number of hydrogen-bond acceptors (Lipinski definition) is 2. The average Bonchev–Trinajstić information content (AvgIpc) is 2.31. The maximum absolute atomic E-state index is 11.1. The monoisotopic (exact) mass is 167 g/mol. The molecule has 1 saturated carbocycles. The predicted octanol–water partition coefficient (Wildman–Crippen LogP) is 1.55. The van der Waals surface area contributed by atoms with Crippen molar-refractivity contribution in [2.24, 2.45) is 0 Å². The Kier molecular flexibility index (Phi) is 1.60. The van der Waals surface area contributed by atoms with E-state index in [0.29, 0.717) is 0 Å². The van der Waals surface area contributed by atoms with E-state index in [2.05, 4.69) is 6.58 Å². The third-order valence-corrected chi connectivity index (χ3v) is 2.75. The molecular weight excluding hydrogens is 154 g/mol. The molecule has 0 aromatic rings. The molecule has 0 radical (unpaired) electrons. The molecule has 0 N–H and O–H groups in total. The Morgan fingerprint density at radius 1 is 1.67 bits per heavy atom. The predicted molar refractivity (Wildman–Crippen MR) is 44.8 cm³/mol. The summed E-state index contributed by atoms with van der Waals surface area (Å²) in [4.78, 5) is 12.8. The van der Waals surface area contributed by atoms with Gasteiger partial charge in [0.1, 0.15) is 6.10 Å². The van der Waals surface area contributed by atoms with Gasteiger partial charge in [-0.2, -0.15) is 0 Å². The Hall–Kier alpha value is -0.990. The normalized spacial score (nSPS) is 34.9. The highest BCUT2D eigenvalue weighted by Crippen LogP contribution is 2.32. The second-order valence-corrected chi connectivity index (χ2v) is 3.59. The first-order valence-electron chi connectivity index (χ1n) is 4.28. The number of carbonyl (C=O) groups excluding carboxylic acids is 1. The highest BCUT2D eigenvalue weighted by Gasteiger charge is 2.41. The number of nitrogens with zero attached hydrogens (tertiary/aromatic N) is 1. The maximum Gasteiger partial charge on any atom is 0.410 e. The molecule has 1 aliphatic heterocycles. The van der Waals surface area contributed by atoms with Gasteiger partial charge in [-0.05, 0) is 19.3 Å². The van der Waals surface area contributed by atoms with E-state index in [1.165, 1.54) is 5.57 Å². The van der Waals surface area contributed by atoms with Crippen LogP contribution in [0.1, 0.15) is 19.3 Å². The van der Waals surface area contributed by atoms with Gasteiger partial charge in [-0.1, -0.05) is 12.2 Å². The minimum absolute atomic E-state index is 0.119. The third-order valence-electron chi connectivity index (χ3n) is 2.75. The van der Waals surface area contributed by atoms with Crippen molar-refractivity contribution in [2.45, 2.75) is 31.4 Å². The molecule has 2 rings (SSSR count). The lowest BCUT2D eigenvalue weighted by Gasteiger charge is -2.26. The summed E-state index contributed by atoms with van der Waals surface area (Å²) in [6.45, 7) is 3.94. The summed E-state index contributed by atoms with van der Waals surface area (Å²) >= 11 is 0. The van der Waals surface area contributed by atoms with Gasteiger partial charge in [0.2, 0.25) is 0 Å². The number of ether oxygens (including phenoxy) is 1. The molecule has 3 nitrogen and oxygen atoms in total. The first kappa shape index (κ1) is 7.65. The maximum atomic E-state index is 11.1. The van der Waals surface area contributed by atoms with Crippen molar-refractivity contribution in [3.8, 4) is 0 Å². The lowest BCUT2D eigenvalue weighted by atomic mass is 9.89. The average molecular weight is 167 g/mol.